The molecule has 2 N–H and O–H groups in total. The second-order valence-corrected chi connectivity index (χ2v) is 4.57. The van der Waals surface area contributed by atoms with Crippen LogP contribution in [0.1, 0.15) is 16.7 Å². The molecule has 0 atom stereocenters. The van der Waals surface area contributed by atoms with Crippen LogP contribution in [-0.2, 0) is 19.6 Å². The normalized spacial score (nSPS) is 13.8. The van der Waals surface area contributed by atoms with Gasteiger partial charge in [-0.2, -0.15) is 0 Å². The molecule has 0 fully saturated rings. The third-order valence-electron chi connectivity index (χ3n) is 3.48. The van der Waals surface area contributed by atoms with Gasteiger partial charge in [0.25, 0.3) is 0 Å². The number of nitrogens with zero attached hydrogens (tertiary/aromatic N) is 1. The van der Waals surface area contributed by atoms with Crippen molar-refractivity contribution in [3.05, 3.63) is 65.0 Å². The van der Waals surface area contributed by atoms with Gasteiger partial charge in [0.1, 0.15) is 5.82 Å². The summed E-state index contributed by atoms with van der Waals surface area (Å²) in [5.74, 6) is -0.217. The van der Waals surface area contributed by atoms with E-state index in [2.05, 4.69) is 17.0 Å². The fraction of sp³-hybridized carbons (Fsp3) is 0.200. The standard InChI is InChI=1S/C15H15FN2/c16-14-6-3-7-15(13(14)8-17)18-9-11-4-1-2-5-12(11)10-18/h1-7H,8-10,17H2. The van der Waals surface area contributed by atoms with E-state index in [-0.39, 0.29) is 12.4 Å². The van der Waals surface area contributed by atoms with Crippen molar-refractivity contribution in [3.63, 3.8) is 0 Å². The molecule has 0 unspecified atom stereocenters. The molecule has 0 spiro atoms. The zero-order valence-electron chi connectivity index (χ0n) is 10.1. The zero-order valence-corrected chi connectivity index (χ0v) is 10.1. The molecule has 3 heteroatoms. The fourth-order valence-electron chi connectivity index (χ4n) is 2.55. The Labute approximate surface area is 106 Å². The molecule has 1 aliphatic rings. The Morgan fingerprint density at radius 1 is 1.00 bits per heavy atom. The van der Waals surface area contributed by atoms with Crippen molar-refractivity contribution in [2.45, 2.75) is 19.6 Å². The van der Waals surface area contributed by atoms with Crippen LogP contribution in [0.4, 0.5) is 10.1 Å². The van der Waals surface area contributed by atoms with Crippen molar-refractivity contribution < 1.29 is 4.39 Å². The minimum Gasteiger partial charge on any atom is -0.363 e. The second-order valence-electron chi connectivity index (χ2n) is 4.57. The summed E-state index contributed by atoms with van der Waals surface area (Å²) < 4.78 is 13.7. The maximum Gasteiger partial charge on any atom is 0.129 e. The van der Waals surface area contributed by atoms with E-state index < -0.39 is 0 Å². The Balaban J connectivity index is 1.97. The Morgan fingerprint density at radius 2 is 1.67 bits per heavy atom. The van der Waals surface area contributed by atoms with Crippen LogP contribution >= 0.6 is 0 Å². The quantitative estimate of drug-likeness (QED) is 0.877. The average Bonchev–Trinajstić information content (AvgIpc) is 2.82. The number of fused-ring (bicyclic) bond motifs is 1. The number of benzene rings is 2. The third kappa shape index (κ3) is 1.77. The molecule has 3 rings (SSSR count). The minimum atomic E-state index is -0.217. The lowest BCUT2D eigenvalue weighted by Crippen LogP contribution is -2.18. The van der Waals surface area contributed by atoms with Gasteiger partial charge in [-0.25, -0.2) is 4.39 Å². The first kappa shape index (κ1) is 11.2. The Morgan fingerprint density at radius 3 is 2.28 bits per heavy atom. The van der Waals surface area contributed by atoms with Gasteiger partial charge in [-0.05, 0) is 23.3 Å². The van der Waals surface area contributed by atoms with E-state index in [0.29, 0.717) is 5.56 Å². The minimum absolute atomic E-state index is 0.217. The van der Waals surface area contributed by atoms with Gasteiger partial charge in [-0.3, -0.25) is 0 Å². The van der Waals surface area contributed by atoms with Crippen molar-refractivity contribution in [2.24, 2.45) is 5.73 Å². The van der Waals surface area contributed by atoms with E-state index >= 15 is 0 Å². The molecule has 2 aromatic carbocycles. The first-order valence-electron chi connectivity index (χ1n) is 6.09. The lowest BCUT2D eigenvalue weighted by molar-refractivity contribution is 0.609. The molecular formula is C15H15FN2. The van der Waals surface area contributed by atoms with Gasteiger partial charge in [0.15, 0.2) is 0 Å². The van der Waals surface area contributed by atoms with Gasteiger partial charge in [0.05, 0.1) is 0 Å². The molecule has 0 radical (unpaired) electrons. The molecular weight excluding hydrogens is 227 g/mol. The van der Waals surface area contributed by atoms with E-state index in [1.54, 1.807) is 6.07 Å². The fourth-order valence-corrected chi connectivity index (χ4v) is 2.55. The molecule has 0 aliphatic carbocycles. The molecule has 0 saturated carbocycles. The summed E-state index contributed by atoms with van der Waals surface area (Å²) in [6, 6.07) is 13.5. The van der Waals surface area contributed by atoms with E-state index in [0.717, 1.165) is 18.8 Å². The molecule has 0 aromatic heterocycles. The smallest absolute Gasteiger partial charge is 0.129 e. The first-order chi connectivity index (χ1) is 8.79. The van der Waals surface area contributed by atoms with Gasteiger partial charge >= 0.3 is 0 Å². The Bertz CT molecular complexity index is 555. The van der Waals surface area contributed by atoms with Crippen LogP contribution in [0.3, 0.4) is 0 Å². The third-order valence-corrected chi connectivity index (χ3v) is 3.48. The van der Waals surface area contributed by atoms with Gasteiger partial charge < -0.3 is 10.6 Å². The highest BCUT2D eigenvalue weighted by Crippen LogP contribution is 2.31. The van der Waals surface area contributed by atoms with Gasteiger partial charge in [0.2, 0.25) is 0 Å². The van der Waals surface area contributed by atoms with Crippen molar-refractivity contribution in [1.82, 2.24) is 0 Å². The second kappa shape index (κ2) is 4.42. The number of hydrogen-bond acceptors (Lipinski definition) is 2. The first-order valence-corrected chi connectivity index (χ1v) is 6.09. The monoisotopic (exact) mass is 242 g/mol. The summed E-state index contributed by atoms with van der Waals surface area (Å²) in [5, 5.41) is 0. The Hall–Kier alpha value is -1.87. The van der Waals surface area contributed by atoms with E-state index in [9.17, 15) is 4.39 Å². The number of hydrogen-bond donors (Lipinski definition) is 1. The molecule has 0 saturated heterocycles. The predicted octanol–water partition coefficient (Wildman–Crippen LogP) is 2.80. The molecule has 1 aliphatic heterocycles. The van der Waals surface area contributed by atoms with Crippen molar-refractivity contribution >= 4 is 5.69 Å². The summed E-state index contributed by atoms with van der Waals surface area (Å²) in [5.41, 5.74) is 9.79. The van der Waals surface area contributed by atoms with Crippen LogP contribution in [0.2, 0.25) is 0 Å². The van der Waals surface area contributed by atoms with E-state index in [1.807, 2.05) is 18.2 Å². The van der Waals surface area contributed by atoms with Crippen LogP contribution in [0, 0.1) is 5.82 Å². The van der Waals surface area contributed by atoms with Gasteiger partial charge in [-0.15, -0.1) is 0 Å². The molecule has 92 valence electrons. The van der Waals surface area contributed by atoms with Crippen molar-refractivity contribution in [3.8, 4) is 0 Å². The number of halogens is 1. The highest BCUT2D eigenvalue weighted by atomic mass is 19.1. The number of rotatable bonds is 2. The summed E-state index contributed by atoms with van der Waals surface area (Å²) in [6.45, 7) is 1.88. The number of nitrogens with two attached hydrogens (primary N) is 1. The molecule has 0 bridgehead atoms. The maximum atomic E-state index is 13.7. The average molecular weight is 242 g/mol. The van der Waals surface area contributed by atoms with E-state index in [4.69, 9.17) is 5.73 Å². The maximum absolute atomic E-state index is 13.7. The van der Waals surface area contributed by atoms with Gasteiger partial charge in [0, 0.05) is 30.9 Å². The summed E-state index contributed by atoms with van der Waals surface area (Å²) in [6.07, 6.45) is 0. The van der Waals surface area contributed by atoms with Gasteiger partial charge in [-0.1, -0.05) is 30.3 Å². The Kier molecular flexibility index (Phi) is 2.76. The van der Waals surface area contributed by atoms with Crippen LogP contribution < -0.4 is 10.6 Å². The van der Waals surface area contributed by atoms with Crippen molar-refractivity contribution in [1.29, 1.82) is 0 Å². The predicted molar refractivity (Wildman–Crippen MR) is 70.6 cm³/mol. The zero-order chi connectivity index (χ0) is 12.5. The van der Waals surface area contributed by atoms with Crippen molar-refractivity contribution in [2.75, 3.05) is 4.90 Å². The van der Waals surface area contributed by atoms with Crippen LogP contribution in [0.15, 0.2) is 42.5 Å². The lowest BCUT2D eigenvalue weighted by Gasteiger charge is -2.21. The van der Waals surface area contributed by atoms with Crippen LogP contribution in [0.25, 0.3) is 0 Å². The summed E-state index contributed by atoms with van der Waals surface area (Å²) in [7, 11) is 0. The largest absolute Gasteiger partial charge is 0.363 e. The molecule has 1 heterocycles. The summed E-state index contributed by atoms with van der Waals surface area (Å²) >= 11 is 0. The summed E-state index contributed by atoms with van der Waals surface area (Å²) in [4.78, 5) is 2.18. The number of anilines is 1. The molecule has 0 amide bonds. The molecule has 18 heavy (non-hydrogen) atoms. The van der Waals surface area contributed by atoms with E-state index in [1.165, 1.54) is 17.2 Å². The molecule has 2 aromatic rings. The topological polar surface area (TPSA) is 29.3 Å². The SMILES string of the molecule is NCc1c(F)cccc1N1Cc2ccccc2C1. The highest BCUT2D eigenvalue weighted by molar-refractivity contribution is 5.57. The van der Waals surface area contributed by atoms with Crippen LogP contribution in [-0.4, -0.2) is 0 Å². The lowest BCUT2D eigenvalue weighted by atomic mass is 10.1. The highest BCUT2D eigenvalue weighted by Gasteiger charge is 2.21. The molecule has 2 nitrogen and oxygen atoms in total. The van der Waals surface area contributed by atoms with Crippen LogP contribution in [0.5, 0.6) is 0 Å².